The molecule has 0 bridgehead atoms. The predicted molar refractivity (Wildman–Crippen MR) is 92.0 cm³/mol. The zero-order valence-corrected chi connectivity index (χ0v) is 14.9. The molecular weight excluding hydrogens is 423 g/mol. The second-order valence-corrected chi connectivity index (χ2v) is 6.64. The molecule has 0 spiro atoms. The summed E-state index contributed by atoms with van der Waals surface area (Å²) in [7, 11) is 0. The van der Waals surface area contributed by atoms with Gasteiger partial charge in [0.05, 0.1) is 10.6 Å². The van der Waals surface area contributed by atoms with Crippen LogP contribution in [0.4, 0.5) is 11.4 Å². The molecule has 4 nitrogen and oxygen atoms in total. The topological polar surface area (TPSA) is 55.2 Å². The van der Waals surface area contributed by atoms with Crippen LogP contribution < -0.4 is 5.32 Å². The SMILES string of the molecule is Cc1cc(Br)c(NCc2ccc(Br)cc2Cl)cc1[N+](=O)[O-]. The summed E-state index contributed by atoms with van der Waals surface area (Å²) in [6.45, 7) is 2.18. The van der Waals surface area contributed by atoms with Gasteiger partial charge >= 0.3 is 0 Å². The lowest BCUT2D eigenvalue weighted by molar-refractivity contribution is -0.385. The summed E-state index contributed by atoms with van der Waals surface area (Å²) in [5.41, 5.74) is 2.27. The first-order chi connectivity index (χ1) is 9.88. The number of anilines is 1. The van der Waals surface area contributed by atoms with Gasteiger partial charge in [0.2, 0.25) is 0 Å². The van der Waals surface area contributed by atoms with Crippen molar-refractivity contribution in [3.05, 3.63) is 65.5 Å². The van der Waals surface area contributed by atoms with Gasteiger partial charge in [-0.2, -0.15) is 0 Å². The molecule has 0 fully saturated rings. The smallest absolute Gasteiger partial charge is 0.274 e. The fourth-order valence-electron chi connectivity index (χ4n) is 1.85. The number of nitrogens with zero attached hydrogens (tertiary/aromatic N) is 1. The van der Waals surface area contributed by atoms with Crippen LogP contribution in [0.15, 0.2) is 39.3 Å². The van der Waals surface area contributed by atoms with Crippen LogP contribution in [-0.4, -0.2) is 4.92 Å². The Morgan fingerprint density at radius 1 is 1.29 bits per heavy atom. The third kappa shape index (κ3) is 3.96. The van der Waals surface area contributed by atoms with E-state index in [1.807, 2.05) is 18.2 Å². The summed E-state index contributed by atoms with van der Waals surface area (Å²) >= 11 is 12.9. The Kier molecular flexibility index (Phi) is 5.24. The monoisotopic (exact) mass is 432 g/mol. The molecule has 0 unspecified atom stereocenters. The molecule has 0 amide bonds. The predicted octanol–water partition coefficient (Wildman–Crippen LogP) is 5.69. The summed E-state index contributed by atoms with van der Waals surface area (Å²) < 4.78 is 1.68. The van der Waals surface area contributed by atoms with E-state index in [-0.39, 0.29) is 10.6 Å². The van der Waals surface area contributed by atoms with Crippen molar-refractivity contribution < 1.29 is 4.92 Å². The minimum atomic E-state index is -0.389. The van der Waals surface area contributed by atoms with Crippen LogP contribution in [0.3, 0.4) is 0 Å². The van der Waals surface area contributed by atoms with Crippen LogP contribution in [0.5, 0.6) is 0 Å². The highest BCUT2D eigenvalue weighted by atomic mass is 79.9. The normalized spacial score (nSPS) is 10.5. The molecule has 0 saturated carbocycles. The van der Waals surface area contributed by atoms with E-state index in [1.54, 1.807) is 13.0 Å². The van der Waals surface area contributed by atoms with Crippen molar-refractivity contribution in [3.63, 3.8) is 0 Å². The van der Waals surface area contributed by atoms with E-state index >= 15 is 0 Å². The van der Waals surface area contributed by atoms with Gasteiger partial charge in [-0.1, -0.05) is 33.6 Å². The van der Waals surface area contributed by atoms with Gasteiger partial charge in [0.1, 0.15) is 0 Å². The highest BCUT2D eigenvalue weighted by Crippen LogP contribution is 2.31. The van der Waals surface area contributed by atoms with Gasteiger partial charge in [-0.25, -0.2) is 0 Å². The minimum absolute atomic E-state index is 0.0857. The molecule has 0 aliphatic heterocycles. The van der Waals surface area contributed by atoms with E-state index in [1.165, 1.54) is 6.07 Å². The third-order valence-corrected chi connectivity index (χ3v) is 4.47. The average molecular weight is 435 g/mol. The van der Waals surface area contributed by atoms with Crippen LogP contribution in [-0.2, 0) is 6.54 Å². The van der Waals surface area contributed by atoms with Gasteiger partial charge in [0.25, 0.3) is 5.69 Å². The lowest BCUT2D eigenvalue weighted by atomic mass is 10.1. The first kappa shape index (κ1) is 16.3. The quantitative estimate of drug-likeness (QED) is 0.497. The number of benzene rings is 2. The molecule has 0 atom stereocenters. The molecule has 2 rings (SSSR count). The summed E-state index contributed by atoms with van der Waals surface area (Å²) in [6, 6.07) is 8.85. The summed E-state index contributed by atoms with van der Waals surface area (Å²) in [5.74, 6) is 0. The van der Waals surface area contributed by atoms with Gasteiger partial charge in [-0.3, -0.25) is 10.1 Å². The van der Waals surface area contributed by atoms with Crippen molar-refractivity contribution in [2.45, 2.75) is 13.5 Å². The first-order valence-corrected chi connectivity index (χ1v) is 7.97. The van der Waals surface area contributed by atoms with Crippen LogP contribution in [0, 0.1) is 17.0 Å². The fraction of sp³-hybridized carbons (Fsp3) is 0.143. The maximum absolute atomic E-state index is 11.0. The van der Waals surface area contributed by atoms with E-state index in [0.29, 0.717) is 22.8 Å². The van der Waals surface area contributed by atoms with Crippen molar-refractivity contribution in [1.29, 1.82) is 0 Å². The third-order valence-electron chi connectivity index (χ3n) is 2.97. The molecule has 1 N–H and O–H groups in total. The van der Waals surface area contributed by atoms with Gasteiger partial charge < -0.3 is 5.32 Å². The molecule has 0 aliphatic rings. The molecule has 0 radical (unpaired) electrons. The number of nitrogens with one attached hydrogen (secondary N) is 1. The van der Waals surface area contributed by atoms with Gasteiger partial charge in [0, 0.05) is 32.1 Å². The van der Waals surface area contributed by atoms with Crippen molar-refractivity contribution in [2.24, 2.45) is 0 Å². The lowest BCUT2D eigenvalue weighted by Crippen LogP contribution is -2.02. The second kappa shape index (κ2) is 6.77. The molecule has 2 aromatic rings. The van der Waals surface area contributed by atoms with E-state index in [0.717, 1.165) is 14.5 Å². The Morgan fingerprint density at radius 2 is 2.00 bits per heavy atom. The molecule has 110 valence electrons. The van der Waals surface area contributed by atoms with Crippen molar-refractivity contribution in [3.8, 4) is 0 Å². The molecule has 7 heteroatoms. The van der Waals surface area contributed by atoms with Crippen LogP contribution in [0.2, 0.25) is 5.02 Å². The van der Waals surface area contributed by atoms with E-state index < -0.39 is 0 Å². The number of hydrogen-bond donors (Lipinski definition) is 1. The minimum Gasteiger partial charge on any atom is -0.380 e. The maximum atomic E-state index is 11.0. The van der Waals surface area contributed by atoms with E-state index in [2.05, 4.69) is 37.2 Å². The molecule has 0 aliphatic carbocycles. The van der Waals surface area contributed by atoms with E-state index in [4.69, 9.17) is 11.6 Å². The fourth-order valence-corrected chi connectivity index (χ4v) is 3.19. The maximum Gasteiger partial charge on any atom is 0.274 e. The molecule has 0 heterocycles. The largest absolute Gasteiger partial charge is 0.380 e. The van der Waals surface area contributed by atoms with Crippen LogP contribution >= 0.6 is 43.5 Å². The average Bonchev–Trinajstić information content (AvgIpc) is 2.39. The van der Waals surface area contributed by atoms with Gasteiger partial charge in [0.15, 0.2) is 0 Å². The molecular formula is C14H11Br2ClN2O2. The highest BCUT2D eigenvalue weighted by molar-refractivity contribution is 9.10. The Hall–Kier alpha value is -1.11. The van der Waals surface area contributed by atoms with Crippen molar-refractivity contribution in [2.75, 3.05) is 5.32 Å². The zero-order valence-electron chi connectivity index (χ0n) is 11.0. The second-order valence-electron chi connectivity index (χ2n) is 4.46. The number of halogens is 3. The van der Waals surface area contributed by atoms with Gasteiger partial charge in [-0.05, 0) is 46.6 Å². The Balaban J connectivity index is 2.23. The molecule has 2 aromatic carbocycles. The zero-order chi connectivity index (χ0) is 15.6. The lowest BCUT2D eigenvalue weighted by Gasteiger charge is -2.11. The number of aryl methyl sites for hydroxylation is 1. The van der Waals surface area contributed by atoms with Crippen molar-refractivity contribution >= 4 is 54.8 Å². The molecule has 21 heavy (non-hydrogen) atoms. The van der Waals surface area contributed by atoms with Crippen molar-refractivity contribution in [1.82, 2.24) is 0 Å². The first-order valence-electron chi connectivity index (χ1n) is 6.01. The van der Waals surface area contributed by atoms with Gasteiger partial charge in [-0.15, -0.1) is 0 Å². The van der Waals surface area contributed by atoms with E-state index in [9.17, 15) is 10.1 Å². The standard InChI is InChI=1S/C14H11Br2ClN2O2/c1-8-4-11(16)13(6-14(8)19(20)21)18-7-9-2-3-10(15)5-12(9)17/h2-6,18H,7H2,1H3. The Bertz CT molecular complexity index is 708. The van der Waals surface area contributed by atoms with Crippen LogP contribution in [0.25, 0.3) is 0 Å². The summed E-state index contributed by atoms with van der Waals surface area (Å²) in [6.07, 6.45) is 0. The van der Waals surface area contributed by atoms with Crippen LogP contribution in [0.1, 0.15) is 11.1 Å². The molecule has 0 aromatic heterocycles. The number of nitro benzene ring substituents is 1. The Labute approximate surface area is 143 Å². The number of rotatable bonds is 4. The summed E-state index contributed by atoms with van der Waals surface area (Å²) in [5, 5.41) is 14.8. The molecule has 0 saturated heterocycles. The number of nitro groups is 1. The number of hydrogen-bond acceptors (Lipinski definition) is 3. The summed E-state index contributed by atoms with van der Waals surface area (Å²) in [4.78, 5) is 10.6. The highest BCUT2D eigenvalue weighted by Gasteiger charge is 2.14. The Morgan fingerprint density at radius 3 is 2.62 bits per heavy atom.